The Morgan fingerprint density at radius 3 is 2.35 bits per heavy atom. The van der Waals surface area contributed by atoms with Gasteiger partial charge in [-0.3, -0.25) is 14.2 Å². The van der Waals surface area contributed by atoms with Crippen LogP contribution in [-0.2, 0) is 16.0 Å². The van der Waals surface area contributed by atoms with E-state index in [1.54, 1.807) is 34.9 Å². The number of nitrogens with zero attached hydrogens (tertiary/aromatic N) is 3. The van der Waals surface area contributed by atoms with Gasteiger partial charge in [-0.2, -0.15) is 4.98 Å². The smallest absolute Gasteiger partial charge is 0.348 e. The molecule has 0 aromatic carbocycles. The fourth-order valence-electron chi connectivity index (χ4n) is 2.16. The van der Waals surface area contributed by atoms with Crippen LogP contribution in [0.1, 0.15) is 29.9 Å². The summed E-state index contributed by atoms with van der Waals surface area (Å²) >= 11 is 0. The van der Waals surface area contributed by atoms with E-state index in [1.807, 2.05) is 0 Å². The summed E-state index contributed by atoms with van der Waals surface area (Å²) in [6, 6.07) is -0.724. The van der Waals surface area contributed by atoms with Gasteiger partial charge in [0.05, 0.1) is 6.42 Å². The topological polar surface area (TPSA) is 92.5 Å². The molecule has 0 saturated carbocycles. The number of aryl methyl sites for hydroxylation is 1. The van der Waals surface area contributed by atoms with E-state index in [2.05, 4.69) is 4.98 Å². The van der Waals surface area contributed by atoms with Gasteiger partial charge < -0.3 is 10.0 Å². The van der Waals surface area contributed by atoms with Gasteiger partial charge in [0.15, 0.2) is 0 Å². The van der Waals surface area contributed by atoms with Crippen LogP contribution in [0.2, 0.25) is 0 Å². The first-order valence-corrected chi connectivity index (χ1v) is 6.18. The van der Waals surface area contributed by atoms with Crippen LogP contribution in [0.4, 0.5) is 0 Å². The lowest BCUT2D eigenvalue weighted by molar-refractivity contribution is -0.136. The molecule has 0 aliphatic carbocycles. The Morgan fingerprint density at radius 2 is 1.90 bits per heavy atom. The molecular formula is C13H19N3O4. The third-order valence-corrected chi connectivity index (χ3v) is 3.22. The normalized spacial score (nSPS) is 12.1. The van der Waals surface area contributed by atoms with Crippen LogP contribution in [-0.4, -0.2) is 45.5 Å². The highest BCUT2D eigenvalue weighted by Gasteiger charge is 2.23. The van der Waals surface area contributed by atoms with Crippen LogP contribution in [0.5, 0.6) is 0 Å². The molecule has 1 atom stereocenters. The SMILES string of the molecule is Cc1nc(=O)n(C(C)C(=O)N(C)C)c(C)c1CC(=O)O. The lowest BCUT2D eigenvalue weighted by Crippen LogP contribution is -2.38. The van der Waals surface area contributed by atoms with E-state index in [4.69, 9.17) is 5.11 Å². The highest BCUT2D eigenvalue weighted by atomic mass is 16.4. The van der Waals surface area contributed by atoms with Crippen LogP contribution < -0.4 is 5.69 Å². The summed E-state index contributed by atoms with van der Waals surface area (Å²) in [5.74, 6) is -1.25. The van der Waals surface area contributed by atoms with Gasteiger partial charge in [0.25, 0.3) is 0 Å². The molecular weight excluding hydrogens is 262 g/mol. The zero-order valence-electron chi connectivity index (χ0n) is 12.3. The predicted octanol–water partition coefficient (Wildman–Crippen LogP) is 0.136. The van der Waals surface area contributed by atoms with Crippen LogP contribution in [0, 0.1) is 13.8 Å². The standard InChI is InChI=1S/C13H19N3O4/c1-7-10(6-11(17)18)8(2)16(13(20)14-7)9(3)12(19)15(4)5/h9H,6H2,1-5H3,(H,17,18). The number of amides is 1. The maximum atomic E-state index is 12.0. The molecule has 1 N–H and O–H groups in total. The quantitative estimate of drug-likeness (QED) is 0.847. The molecule has 0 aliphatic heterocycles. The second kappa shape index (κ2) is 5.85. The van der Waals surface area contributed by atoms with E-state index in [9.17, 15) is 14.4 Å². The number of hydrogen-bond donors (Lipinski definition) is 1. The van der Waals surface area contributed by atoms with E-state index in [0.717, 1.165) is 0 Å². The summed E-state index contributed by atoms with van der Waals surface area (Å²) in [7, 11) is 3.19. The second-order valence-electron chi connectivity index (χ2n) is 4.89. The average Bonchev–Trinajstić information content (AvgIpc) is 2.32. The van der Waals surface area contributed by atoms with Gasteiger partial charge in [-0.1, -0.05) is 0 Å². The van der Waals surface area contributed by atoms with Gasteiger partial charge in [-0.25, -0.2) is 4.79 Å². The van der Waals surface area contributed by atoms with E-state index in [-0.39, 0.29) is 12.3 Å². The summed E-state index contributed by atoms with van der Waals surface area (Å²) in [6.45, 7) is 4.82. The minimum atomic E-state index is -1.00. The van der Waals surface area contributed by atoms with Crippen molar-refractivity contribution in [3.8, 4) is 0 Å². The van der Waals surface area contributed by atoms with Crippen LogP contribution in [0.25, 0.3) is 0 Å². The number of aliphatic carboxylic acids is 1. The van der Waals surface area contributed by atoms with Crippen molar-refractivity contribution in [1.82, 2.24) is 14.5 Å². The highest BCUT2D eigenvalue weighted by Crippen LogP contribution is 2.15. The molecule has 0 saturated heterocycles. The number of carbonyl (C=O) groups is 2. The highest BCUT2D eigenvalue weighted by molar-refractivity contribution is 5.79. The van der Waals surface area contributed by atoms with Gasteiger partial charge in [0.2, 0.25) is 5.91 Å². The minimum Gasteiger partial charge on any atom is -0.481 e. The average molecular weight is 281 g/mol. The molecule has 0 bridgehead atoms. The lowest BCUT2D eigenvalue weighted by Gasteiger charge is -2.22. The summed E-state index contributed by atoms with van der Waals surface area (Å²) in [6.07, 6.45) is -0.228. The number of carboxylic acids is 1. The van der Waals surface area contributed by atoms with Gasteiger partial charge >= 0.3 is 11.7 Å². The van der Waals surface area contributed by atoms with E-state index < -0.39 is 17.7 Å². The third kappa shape index (κ3) is 3.04. The predicted molar refractivity (Wildman–Crippen MR) is 72.7 cm³/mol. The third-order valence-electron chi connectivity index (χ3n) is 3.22. The summed E-state index contributed by atoms with van der Waals surface area (Å²) in [5.41, 5.74) is 0.774. The summed E-state index contributed by atoms with van der Waals surface area (Å²) in [5, 5.41) is 8.92. The molecule has 0 spiro atoms. The number of carboxylic acid groups (broad SMARTS) is 1. The Morgan fingerprint density at radius 1 is 1.35 bits per heavy atom. The molecule has 1 rings (SSSR count). The van der Waals surface area contributed by atoms with Gasteiger partial charge in [0.1, 0.15) is 6.04 Å². The zero-order valence-corrected chi connectivity index (χ0v) is 12.3. The van der Waals surface area contributed by atoms with Crippen molar-refractivity contribution in [2.24, 2.45) is 0 Å². The zero-order chi connectivity index (χ0) is 15.6. The lowest BCUT2D eigenvalue weighted by atomic mass is 10.1. The molecule has 1 unspecified atom stereocenters. The molecule has 7 nitrogen and oxygen atoms in total. The minimum absolute atomic E-state index is 0.228. The van der Waals surface area contributed by atoms with Crippen molar-refractivity contribution in [3.63, 3.8) is 0 Å². The molecule has 0 aliphatic rings. The molecule has 110 valence electrons. The summed E-state index contributed by atoms with van der Waals surface area (Å²) < 4.78 is 1.24. The molecule has 7 heteroatoms. The monoisotopic (exact) mass is 281 g/mol. The maximum absolute atomic E-state index is 12.0. The number of hydrogen-bond acceptors (Lipinski definition) is 4. The first-order valence-electron chi connectivity index (χ1n) is 6.18. The first kappa shape index (κ1) is 15.9. The number of aromatic nitrogens is 2. The fraction of sp³-hybridized carbons (Fsp3) is 0.538. The van der Waals surface area contributed by atoms with E-state index >= 15 is 0 Å². The van der Waals surface area contributed by atoms with Crippen molar-refractivity contribution in [2.45, 2.75) is 33.2 Å². The fourth-order valence-corrected chi connectivity index (χ4v) is 2.16. The Labute approximate surface area is 116 Å². The Bertz CT molecular complexity index is 604. The van der Waals surface area contributed by atoms with E-state index in [0.29, 0.717) is 17.0 Å². The maximum Gasteiger partial charge on any atom is 0.348 e. The van der Waals surface area contributed by atoms with Crippen molar-refractivity contribution in [3.05, 3.63) is 27.4 Å². The molecule has 20 heavy (non-hydrogen) atoms. The van der Waals surface area contributed by atoms with Gasteiger partial charge in [-0.15, -0.1) is 0 Å². The summed E-state index contributed by atoms with van der Waals surface area (Å²) in [4.78, 5) is 40.1. The molecule has 0 fully saturated rings. The van der Waals surface area contributed by atoms with Crippen LogP contribution in [0.15, 0.2) is 4.79 Å². The first-order chi connectivity index (χ1) is 9.16. The van der Waals surface area contributed by atoms with Crippen LogP contribution in [0.3, 0.4) is 0 Å². The molecule has 1 aromatic rings. The van der Waals surface area contributed by atoms with Crippen LogP contribution >= 0.6 is 0 Å². The molecule has 1 amide bonds. The second-order valence-corrected chi connectivity index (χ2v) is 4.89. The van der Waals surface area contributed by atoms with Crippen molar-refractivity contribution in [1.29, 1.82) is 0 Å². The Kier molecular flexibility index (Phi) is 4.65. The molecule has 0 radical (unpaired) electrons. The van der Waals surface area contributed by atoms with Crippen molar-refractivity contribution < 1.29 is 14.7 Å². The van der Waals surface area contributed by atoms with Gasteiger partial charge in [0, 0.05) is 31.0 Å². The number of likely N-dealkylation sites (N-methyl/N-ethyl adjacent to an activating group) is 1. The van der Waals surface area contributed by atoms with Gasteiger partial charge in [-0.05, 0) is 20.8 Å². The van der Waals surface area contributed by atoms with Crippen molar-refractivity contribution >= 4 is 11.9 Å². The van der Waals surface area contributed by atoms with E-state index in [1.165, 1.54) is 9.47 Å². The Hall–Kier alpha value is -2.18. The Balaban J connectivity index is 3.44. The largest absolute Gasteiger partial charge is 0.481 e. The number of rotatable bonds is 4. The molecule has 1 heterocycles. The molecule has 1 aromatic heterocycles. The number of carbonyl (C=O) groups excluding carboxylic acids is 1. The van der Waals surface area contributed by atoms with Crippen molar-refractivity contribution in [2.75, 3.05) is 14.1 Å².